The van der Waals surface area contributed by atoms with Gasteiger partial charge in [-0.1, -0.05) is 12.1 Å². The minimum atomic E-state index is -0.547. The van der Waals surface area contributed by atoms with Gasteiger partial charge < -0.3 is 9.84 Å². The van der Waals surface area contributed by atoms with Gasteiger partial charge in [0.2, 0.25) is 0 Å². The molecule has 1 aromatic carbocycles. The highest BCUT2D eigenvalue weighted by Crippen LogP contribution is 2.25. The van der Waals surface area contributed by atoms with Gasteiger partial charge in [-0.2, -0.15) is 11.3 Å². The average Bonchev–Trinajstić information content (AvgIpc) is 2.82. The Hall–Kier alpha value is -1.32. The maximum absolute atomic E-state index is 10.1. The lowest BCUT2D eigenvalue weighted by Crippen LogP contribution is -2.05. The van der Waals surface area contributed by atoms with Crippen LogP contribution in [0.4, 0.5) is 0 Å². The number of rotatable bonds is 4. The van der Waals surface area contributed by atoms with Crippen LogP contribution in [-0.4, -0.2) is 11.2 Å². The van der Waals surface area contributed by atoms with Crippen molar-refractivity contribution in [1.82, 2.24) is 0 Å². The van der Waals surface area contributed by atoms with Gasteiger partial charge in [0.25, 0.3) is 0 Å². The molecule has 0 aliphatic rings. The normalized spacial score (nSPS) is 12.7. The molecule has 1 aromatic heterocycles. The monoisotopic (exact) mass is 248 g/mol. The van der Waals surface area contributed by atoms with E-state index in [0.717, 1.165) is 16.9 Å². The minimum absolute atomic E-state index is 0.169. The van der Waals surface area contributed by atoms with Crippen molar-refractivity contribution in [3.05, 3.63) is 52.2 Å². The fourth-order valence-electron chi connectivity index (χ4n) is 1.62. The van der Waals surface area contributed by atoms with Gasteiger partial charge in [-0.3, -0.25) is 0 Å². The molecule has 0 spiro atoms. The van der Waals surface area contributed by atoms with Crippen molar-refractivity contribution in [2.24, 2.45) is 0 Å². The summed E-state index contributed by atoms with van der Waals surface area (Å²) in [6, 6.07) is 9.53. The van der Waals surface area contributed by atoms with E-state index in [1.807, 2.05) is 54.9 Å². The summed E-state index contributed by atoms with van der Waals surface area (Å²) in [5.74, 6) is 0.835. The first-order valence-corrected chi connectivity index (χ1v) is 6.58. The maximum atomic E-state index is 10.1. The van der Waals surface area contributed by atoms with Crippen molar-refractivity contribution in [2.75, 3.05) is 0 Å². The van der Waals surface area contributed by atoms with Crippen LogP contribution >= 0.6 is 11.3 Å². The van der Waals surface area contributed by atoms with E-state index in [2.05, 4.69) is 0 Å². The van der Waals surface area contributed by atoms with Crippen molar-refractivity contribution >= 4 is 11.3 Å². The molecule has 1 N–H and O–H groups in total. The number of hydrogen-bond donors (Lipinski definition) is 1. The Morgan fingerprint density at radius 2 is 1.76 bits per heavy atom. The molecule has 0 fully saturated rings. The minimum Gasteiger partial charge on any atom is -0.491 e. The highest BCUT2D eigenvalue weighted by Gasteiger charge is 2.10. The lowest BCUT2D eigenvalue weighted by Gasteiger charge is -2.12. The molecular formula is C14H16O2S. The van der Waals surface area contributed by atoms with E-state index in [1.165, 1.54) is 0 Å². The standard InChI is InChI=1S/C14H16O2S/c1-10(2)16-13-5-3-11(4-6-13)14(15)12-7-8-17-9-12/h3-10,14-15H,1-2H3. The summed E-state index contributed by atoms with van der Waals surface area (Å²) >= 11 is 1.59. The summed E-state index contributed by atoms with van der Waals surface area (Å²) in [7, 11) is 0. The Morgan fingerprint density at radius 1 is 1.06 bits per heavy atom. The largest absolute Gasteiger partial charge is 0.491 e. The molecule has 0 saturated heterocycles. The first-order valence-electron chi connectivity index (χ1n) is 5.63. The van der Waals surface area contributed by atoms with Crippen LogP contribution in [0.15, 0.2) is 41.1 Å². The van der Waals surface area contributed by atoms with Gasteiger partial charge in [-0.05, 0) is 53.9 Å². The van der Waals surface area contributed by atoms with Gasteiger partial charge >= 0.3 is 0 Å². The van der Waals surface area contributed by atoms with Crippen LogP contribution in [0.3, 0.4) is 0 Å². The topological polar surface area (TPSA) is 29.5 Å². The van der Waals surface area contributed by atoms with Crippen LogP contribution in [0, 0.1) is 0 Å². The first kappa shape index (κ1) is 12.1. The second-order valence-electron chi connectivity index (χ2n) is 4.19. The van der Waals surface area contributed by atoms with E-state index >= 15 is 0 Å². The van der Waals surface area contributed by atoms with Crippen LogP contribution in [-0.2, 0) is 0 Å². The van der Waals surface area contributed by atoms with Crippen LogP contribution < -0.4 is 4.74 Å². The quantitative estimate of drug-likeness (QED) is 0.895. The van der Waals surface area contributed by atoms with E-state index in [-0.39, 0.29) is 6.10 Å². The Labute approximate surface area is 105 Å². The molecule has 3 heteroatoms. The zero-order chi connectivity index (χ0) is 12.3. The Bertz CT molecular complexity index is 446. The lowest BCUT2D eigenvalue weighted by molar-refractivity contribution is 0.220. The highest BCUT2D eigenvalue weighted by molar-refractivity contribution is 7.07. The Balaban J connectivity index is 2.12. The van der Waals surface area contributed by atoms with E-state index in [4.69, 9.17) is 4.74 Å². The molecule has 1 atom stereocenters. The number of ether oxygens (including phenoxy) is 1. The predicted molar refractivity (Wildman–Crippen MR) is 70.6 cm³/mol. The first-order chi connectivity index (χ1) is 8.16. The van der Waals surface area contributed by atoms with E-state index < -0.39 is 6.10 Å². The van der Waals surface area contributed by atoms with E-state index in [1.54, 1.807) is 11.3 Å². The number of benzene rings is 1. The summed E-state index contributed by atoms with van der Waals surface area (Å²) in [5.41, 5.74) is 1.83. The summed E-state index contributed by atoms with van der Waals surface area (Å²) < 4.78 is 5.56. The fourth-order valence-corrected chi connectivity index (χ4v) is 2.30. The third-order valence-electron chi connectivity index (χ3n) is 2.43. The zero-order valence-electron chi connectivity index (χ0n) is 9.96. The molecule has 17 heavy (non-hydrogen) atoms. The lowest BCUT2D eigenvalue weighted by atomic mass is 10.0. The van der Waals surface area contributed by atoms with Gasteiger partial charge in [0, 0.05) is 0 Å². The number of aliphatic hydroxyl groups is 1. The number of aliphatic hydroxyl groups excluding tert-OH is 1. The van der Waals surface area contributed by atoms with Gasteiger partial charge in [0.15, 0.2) is 0 Å². The number of hydrogen-bond acceptors (Lipinski definition) is 3. The van der Waals surface area contributed by atoms with Gasteiger partial charge in [-0.15, -0.1) is 0 Å². The molecule has 2 nitrogen and oxygen atoms in total. The van der Waals surface area contributed by atoms with Crippen molar-refractivity contribution in [2.45, 2.75) is 26.1 Å². The molecule has 0 saturated carbocycles. The van der Waals surface area contributed by atoms with Crippen molar-refractivity contribution < 1.29 is 9.84 Å². The third-order valence-corrected chi connectivity index (χ3v) is 3.13. The summed E-state index contributed by atoms with van der Waals surface area (Å²) in [4.78, 5) is 0. The SMILES string of the molecule is CC(C)Oc1ccc(C(O)c2ccsc2)cc1. The van der Waals surface area contributed by atoms with Crippen LogP contribution in [0.25, 0.3) is 0 Å². The molecule has 0 radical (unpaired) electrons. The zero-order valence-corrected chi connectivity index (χ0v) is 10.8. The van der Waals surface area contributed by atoms with Gasteiger partial charge in [0.05, 0.1) is 6.10 Å². The van der Waals surface area contributed by atoms with E-state index in [9.17, 15) is 5.11 Å². The van der Waals surface area contributed by atoms with Crippen LogP contribution in [0.2, 0.25) is 0 Å². The summed E-state index contributed by atoms with van der Waals surface area (Å²) in [5, 5.41) is 14.0. The molecule has 2 aromatic rings. The molecule has 0 aliphatic heterocycles. The molecule has 90 valence electrons. The molecule has 1 heterocycles. The average molecular weight is 248 g/mol. The van der Waals surface area contributed by atoms with Crippen LogP contribution in [0.5, 0.6) is 5.75 Å². The molecule has 2 rings (SSSR count). The molecular weight excluding hydrogens is 232 g/mol. The molecule has 1 unspecified atom stereocenters. The fraction of sp³-hybridized carbons (Fsp3) is 0.286. The maximum Gasteiger partial charge on any atom is 0.119 e. The Kier molecular flexibility index (Phi) is 3.82. The number of thiophene rings is 1. The van der Waals surface area contributed by atoms with Crippen molar-refractivity contribution in [1.29, 1.82) is 0 Å². The molecule has 0 amide bonds. The van der Waals surface area contributed by atoms with Crippen molar-refractivity contribution in [3.8, 4) is 5.75 Å². The second kappa shape index (κ2) is 5.34. The van der Waals surface area contributed by atoms with Gasteiger partial charge in [-0.25, -0.2) is 0 Å². The molecule has 0 aliphatic carbocycles. The van der Waals surface area contributed by atoms with Crippen LogP contribution in [0.1, 0.15) is 31.1 Å². The van der Waals surface area contributed by atoms with Crippen molar-refractivity contribution in [3.63, 3.8) is 0 Å². The summed E-state index contributed by atoms with van der Waals surface area (Å²) in [6.07, 6.45) is -0.378. The highest BCUT2D eigenvalue weighted by atomic mass is 32.1. The molecule has 0 bridgehead atoms. The summed E-state index contributed by atoms with van der Waals surface area (Å²) in [6.45, 7) is 3.99. The van der Waals surface area contributed by atoms with E-state index in [0.29, 0.717) is 0 Å². The Morgan fingerprint density at radius 3 is 2.29 bits per heavy atom. The smallest absolute Gasteiger partial charge is 0.119 e. The third kappa shape index (κ3) is 3.08. The second-order valence-corrected chi connectivity index (χ2v) is 4.97. The predicted octanol–water partition coefficient (Wildman–Crippen LogP) is 3.62. The van der Waals surface area contributed by atoms with Gasteiger partial charge in [0.1, 0.15) is 11.9 Å².